The monoisotopic (exact) mass is 205 g/mol. The Morgan fingerprint density at radius 3 is 2.07 bits per heavy atom. The Kier molecular flexibility index (Phi) is 4.06. The normalized spacial score (nSPS) is 11.9. The molecule has 15 heavy (non-hydrogen) atoms. The van der Waals surface area contributed by atoms with E-state index in [2.05, 4.69) is 25.8 Å². The van der Waals surface area contributed by atoms with Gasteiger partial charge in [0.05, 0.1) is 5.66 Å². The van der Waals surface area contributed by atoms with Crippen LogP contribution in [0.3, 0.4) is 0 Å². The summed E-state index contributed by atoms with van der Waals surface area (Å²) in [6.07, 6.45) is 4.66. The van der Waals surface area contributed by atoms with E-state index in [-0.39, 0.29) is 5.41 Å². The Hall–Kier alpha value is -0.660. The molecule has 4 heteroatoms. The van der Waals surface area contributed by atoms with Crippen molar-refractivity contribution < 1.29 is 4.42 Å². The summed E-state index contributed by atoms with van der Waals surface area (Å²) in [7, 11) is 4.00. The number of rotatable bonds is 5. The minimum absolute atomic E-state index is 0.127. The first-order valence-electron chi connectivity index (χ1n) is 5.98. The second-order valence-electron chi connectivity index (χ2n) is 4.72. The maximum atomic E-state index is 5.77. The van der Waals surface area contributed by atoms with Crippen molar-refractivity contribution in [1.82, 2.24) is 4.98 Å². The van der Waals surface area contributed by atoms with Crippen LogP contribution in [0.1, 0.15) is 52.3 Å². The number of hydrogen-bond acceptors (Lipinski definition) is 2. The largest absolute Gasteiger partial charge is 0.457 e. The van der Waals surface area contributed by atoms with Crippen LogP contribution in [-0.2, 0) is 5.41 Å². The third kappa shape index (κ3) is 2.67. The van der Waals surface area contributed by atoms with Crippen LogP contribution in [0.25, 0.3) is 0 Å². The maximum absolute atomic E-state index is 5.77. The predicted molar refractivity (Wildman–Crippen MR) is 70.0 cm³/mol. The van der Waals surface area contributed by atoms with E-state index < -0.39 is 0 Å². The van der Waals surface area contributed by atoms with Crippen molar-refractivity contribution in [1.29, 1.82) is 0 Å². The number of oxazole rings is 1. The smallest absolute Gasteiger partial charge is 0.198 e. The second-order valence-corrected chi connectivity index (χ2v) is 4.72. The van der Waals surface area contributed by atoms with Gasteiger partial charge in [-0.3, -0.25) is 0 Å². The van der Waals surface area contributed by atoms with Gasteiger partial charge in [0.25, 0.3) is 0 Å². The molecule has 0 bridgehead atoms. The fourth-order valence-corrected chi connectivity index (χ4v) is 2.17. The zero-order valence-corrected chi connectivity index (χ0v) is 10.7. The molecule has 1 rings (SSSR count). The van der Waals surface area contributed by atoms with Crippen LogP contribution in [-0.4, -0.2) is 20.7 Å². The van der Waals surface area contributed by atoms with Crippen LogP contribution in [0.4, 0.5) is 0 Å². The van der Waals surface area contributed by atoms with Crippen LogP contribution in [0.2, 0.25) is 0 Å². The fraction of sp³-hybridized carbons (Fsp3) is 0.727. The van der Waals surface area contributed by atoms with E-state index in [4.69, 9.17) is 4.42 Å². The highest BCUT2D eigenvalue weighted by Crippen LogP contribution is 2.31. The fourth-order valence-electron chi connectivity index (χ4n) is 2.17. The summed E-state index contributed by atoms with van der Waals surface area (Å²) in [5.74, 6) is 0.932. The van der Waals surface area contributed by atoms with E-state index in [1.165, 1.54) is 12.8 Å². The first-order chi connectivity index (χ1) is 7.03. The molecule has 0 N–H and O–H groups in total. The van der Waals surface area contributed by atoms with Gasteiger partial charge in [-0.05, 0) is 12.8 Å². The minimum atomic E-state index is 0.127. The van der Waals surface area contributed by atoms with Crippen molar-refractivity contribution in [2.24, 2.45) is 0 Å². The van der Waals surface area contributed by atoms with Gasteiger partial charge in [0.1, 0.15) is 0 Å². The zero-order valence-electron chi connectivity index (χ0n) is 10.7. The van der Waals surface area contributed by atoms with Gasteiger partial charge in [-0.2, -0.15) is 0 Å². The Balaban J connectivity index is 2.97. The molecule has 2 nitrogen and oxygen atoms in total. The van der Waals surface area contributed by atoms with E-state index in [1.807, 2.05) is 15.7 Å². The lowest BCUT2D eigenvalue weighted by molar-refractivity contribution is 0.307. The number of aromatic nitrogens is 1. The molecule has 0 atom stereocenters. The minimum Gasteiger partial charge on any atom is -0.457 e. The van der Waals surface area contributed by atoms with Crippen molar-refractivity contribution in [3.05, 3.63) is 5.89 Å². The van der Waals surface area contributed by atoms with Crippen molar-refractivity contribution >= 4 is 26.9 Å². The molecule has 1 aromatic heterocycles. The van der Waals surface area contributed by atoms with Crippen LogP contribution < -0.4 is 11.3 Å². The van der Waals surface area contributed by atoms with Gasteiger partial charge < -0.3 is 4.42 Å². The summed E-state index contributed by atoms with van der Waals surface area (Å²) in [6.45, 7) is 6.71. The molecule has 0 spiro atoms. The third-order valence-electron chi connectivity index (χ3n) is 3.15. The number of nitrogens with zero attached hydrogens (tertiary/aromatic N) is 1. The summed E-state index contributed by atoms with van der Waals surface area (Å²) in [5, 5.41) is 0. The van der Waals surface area contributed by atoms with Gasteiger partial charge in [-0.15, -0.1) is 0 Å². The van der Waals surface area contributed by atoms with Crippen molar-refractivity contribution in [3.8, 4) is 0 Å². The Labute approximate surface area is 94.7 Å². The molecule has 0 aliphatic heterocycles. The highest BCUT2D eigenvalue weighted by molar-refractivity contribution is 6.45. The highest BCUT2D eigenvalue weighted by atomic mass is 16.4. The van der Waals surface area contributed by atoms with E-state index in [9.17, 15) is 0 Å². The average molecular weight is 205 g/mol. The standard InChI is InChI=1S/C11H21B2NO/c1-4-6-11(3,7-5-2)10-14-8(12)9(13)15-10/h4-7,12-13H2,1-3H3. The molecule has 1 aromatic rings. The van der Waals surface area contributed by atoms with Gasteiger partial charge in [0, 0.05) is 11.0 Å². The number of hydrogen-bond donors (Lipinski definition) is 0. The lowest BCUT2D eigenvalue weighted by Gasteiger charge is -2.25. The molecule has 0 amide bonds. The molecule has 0 unspecified atom stereocenters. The molecule has 0 saturated heterocycles. The van der Waals surface area contributed by atoms with Gasteiger partial charge >= 0.3 is 0 Å². The average Bonchev–Trinajstić information content (AvgIpc) is 2.48. The Morgan fingerprint density at radius 1 is 1.20 bits per heavy atom. The molecule has 0 aromatic carbocycles. The maximum Gasteiger partial charge on any atom is 0.198 e. The summed E-state index contributed by atoms with van der Waals surface area (Å²) < 4.78 is 5.77. The van der Waals surface area contributed by atoms with Gasteiger partial charge in [0.15, 0.2) is 21.6 Å². The van der Waals surface area contributed by atoms with E-state index in [0.29, 0.717) is 0 Å². The Bertz CT molecular complexity index is 297. The van der Waals surface area contributed by atoms with Gasteiger partial charge in [0.2, 0.25) is 0 Å². The lowest BCUT2D eigenvalue weighted by atomic mass is 9.81. The topological polar surface area (TPSA) is 26.0 Å². The van der Waals surface area contributed by atoms with Gasteiger partial charge in [-0.25, -0.2) is 4.98 Å². The predicted octanol–water partition coefficient (Wildman–Crippen LogP) is 0.0493. The summed E-state index contributed by atoms with van der Waals surface area (Å²) in [6, 6.07) is 0. The molecule has 0 aliphatic carbocycles. The quantitative estimate of drug-likeness (QED) is 0.634. The van der Waals surface area contributed by atoms with Crippen molar-refractivity contribution in [2.45, 2.75) is 51.9 Å². The summed E-state index contributed by atoms with van der Waals surface area (Å²) in [5.41, 5.74) is 2.12. The lowest BCUT2D eigenvalue weighted by Crippen LogP contribution is -2.24. The van der Waals surface area contributed by atoms with E-state index in [0.717, 1.165) is 30.0 Å². The van der Waals surface area contributed by atoms with E-state index >= 15 is 0 Å². The van der Waals surface area contributed by atoms with Crippen LogP contribution in [0.15, 0.2) is 4.42 Å². The first kappa shape index (κ1) is 12.4. The van der Waals surface area contributed by atoms with E-state index in [1.54, 1.807) is 0 Å². The van der Waals surface area contributed by atoms with Crippen molar-refractivity contribution in [3.63, 3.8) is 0 Å². The molecule has 0 radical (unpaired) electrons. The highest BCUT2D eigenvalue weighted by Gasteiger charge is 2.30. The van der Waals surface area contributed by atoms with Crippen LogP contribution in [0, 0.1) is 0 Å². The SMILES string of the molecule is Bc1nc(C(C)(CCC)CCC)oc1B. The molecule has 0 saturated carbocycles. The molecule has 82 valence electrons. The first-order valence-corrected chi connectivity index (χ1v) is 5.98. The zero-order chi connectivity index (χ0) is 11.5. The summed E-state index contributed by atoms with van der Waals surface area (Å²) in [4.78, 5) is 4.55. The molecule has 0 fully saturated rings. The van der Waals surface area contributed by atoms with Crippen LogP contribution >= 0.6 is 0 Å². The molecular weight excluding hydrogens is 184 g/mol. The molecule has 1 heterocycles. The molecule has 0 aliphatic rings. The molecular formula is C11H21B2NO. The third-order valence-corrected chi connectivity index (χ3v) is 3.15. The van der Waals surface area contributed by atoms with Crippen molar-refractivity contribution in [2.75, 3.05) is 0 Å². The summed E-state index contributed by atoms with van der Waals surface area (Å²) >= 11 is 0. The second kappa shape index (κ2) is 4.91. The van der Waals surface area contributed by atoms with Crippen LogP contribution in [0.5, 0.6) is 0 Å². The Morgan fingerprint density at radius 2 is 1.73 bits per heavy atom. The van der Waals surface area contributed by atoms with Gasteiger partial charge in [-0.1, -0.05) is 33.6 Å².